The van der Waals surface area contributed by atoms with Crippen LogP contribution in [0, 0.1) is 0 Å². The lowest BCUT2D eigenvalue weighted by Crippen LogP contribution is -2.24. The molecular formula is C22H21Cl2NO. The second-order valence-corrected chi connectivity index (χ2v) is 7.28. The molecule has 0 spiro atoms. The van der Waals surface area contributed by atoms with Crippen LogP contribution in [0.1, 0.15) is 17.2 Å². The molecule has 0 fully saturated rings. The Bertz CT molecular complexity index is 847. The quantitative estimate of drug-likeness (QED) is 0.577. The first kappa shape index (κ1) is 18.9. The van der Waals surface area contributed by atoms with Crippen LogP contribution in [0.3, 0.4) is 0 Å². The number of likely N-dealkylation sites (N-methyl/N-ethyl adjacent to an activating group) is 1. The summed E-state index contributed by atoms with van der Waals surface area (Å²) in [5.41, 5.74) is 4.19. The second kappa shape index (κ2) is 8.70. The van der Waals surface area contributed by atoms with E-state index in [0.29, 0.717) is 11.6 Å². The second-order valence-electron chi connectivity index (χ2n) is 6.44. The summed E-state index contributed by atoms with van der Waals surface area (Å²) in [6, 6.07) is 23.5. The van der Waals surface area contributed by atoms with Gasteiger partial charge in [0.25, 0.3) is 0 Å². The van der Waals surface area contributed by atoms with Gasteiger partial charge in [0, 0.05) is 28.7 Å². The minimum absolute atomic E-state index is 0.542. The molecule has 0 amide bonds. The van der Waals surface area contributed by atoms with E-state index in [1.807, 2.05) is 43.4 Å². The lowest BCUT2D eigenvalue weighted by Gasteiger charge is -2.21. The van der Waals surface area contributed by atoms with Gasteiger partial charge in [0.2, 0.25) is 0 Å². The largest absolute Gasteiger partial charge is 0.387 e. The highest BCUT2D eigenvalue weighted by Gasteiger charge is 2.11. The molecular weight excluding hydrogens is 365 g/mol. The maximum absolute atomic E-state index is 10.4. The van der Waals surface area contributed by atoms with E-state index in [9.17, 15) is 5.11 Å². The molecule has 1 unspecified atom stereocenters. The van der Waals surface area contributed by atoms with Gasteiger partial charge in [-0.1, -0.05) is 77.8 Å². The van der Waals surface area contributed by atoms with Gasteiger partial charge >= 0.3 is 0 Å². The van der Waals surface area contributed by atoms with Crippen LogP contribution < -0.4 is 0 Å². The molecule has 3 rings (SSSR count). The number of aliphatic hydroxyl groups is 1. The van der Waals surface area contributed by atoms with E-state index in [4.69, 9.17) is 23.2 Å². The zero-order chi connectivity index (χ0) is 18.5. The van der Waals surface area contributed by atoms with E-state index in [1.165, 1.54) is 5.56 Å². The normalized spacial score (nSPS) is 12.3. The SMILES string of the molecule is CN(Cc1ccc(-c2ccccc2Cl)cc1)CC(O)c1ccc(Cl)cc1. The standard InChI is InChI=1S/C22H21Cl2NO/c1-25(15-22(26)18-10-12-19(23)13-11-18)14-16-6-8-17(9-7-16)20-4-2-3-5-21(20)24/h2-13,22,26H,14-15H2,1H3. The summed E-state index contributed by atoms with van der Waals surface area (Å²) in [6.07, 6.45) is -0.542. The summed E-state index contributed by atoms with van der Waals surface area (Å²) in [5, 5.41) is 11.8. The Morgan fingerprint density at radius 2 is 1.54 bits per heavy atom. The van der Waals surface area contributed by atoms with E-state index in [-0.39, 0.29) is 0 Å². The maximum atomic E-state index is 10.4. The zero-order valence-electron chi connectivity index (χ0n) is 14.6. The smallest absolute Gasteiger partial charge is 0.0916 e. The highest BCUT2D eigenvalue weighted by Crippen LogP contribution is 2.27. The van der Waals surface area contributed by atoms with Crippen molar-refractivity contribution in [1.82, 2.24) is 4.90 Å². The van der Waals surface area contributed by atoms with Crippen molar-refractivity contribution >= 4 is 23.2 Å². The number of benzene rings is 3. The van der Waals surface area contributed by atoms with E-state index >= 15 is 0 Å². The fourth-order valence-corrected chi connectivity index (χ4v) is 3.32. The Hall–Kier alpha value is -1.84. The molecule has 0 radical (unpaired) electrons. The van der Waals surface area contributed by atoms with Crippen LogP contribution in [0.4, 0.5) is 0 Å². The highest BCUT2D eigenvalue weighted by atomic mass is 35.5. The summed E-state index contributed by atoms with van der Waals surface area (Å²) in [5.74, 6) is 0. The summed E-state index contributed by atoms with van der Waals surface area (Å²) >= 11 is 12.2. The van der Waals surface area contributed by atoms with Crippen molar-refractivity contribution in [3.05, 3.63) is 94.0 Å². The van der Waals surface area contributed by atoms with Crippen molar-refractivity contribution in [2.75, 3.05) is 13.6 Å². The van der Waals surface area contributed by atoms with Crippen molar-refractivity contribution in [3.63, 3.8) is 0 Å². The summed E-state index contributed by atoms with van der Waals surface area (Å²) in [6.45, 7) is 1.31. The third kappa shape index (κ3) is 4.87. The van der Waals surface area contributed by atoms with Crippen molar-refractivity contribution in [3.8, 4) is 11.1 Å². The molecule has 0 saturated heterocycles. The predicted octanol–water partition coefficient (Wildman–Crippen LogP) is 5.83. The number of hydrogen-bond acceptors (Lipinski definition) is 2. The van der Waals surface area contributed by atoms with Crippen molar-refractivity contribution < 1.29 is 5.11 Å². The third-order valence-corrected chi connectivity index (χ3v) is 4.91. The van der Waals surface area contributed by atoms with Gasteiger partial charge in [-0.3, -0.25) is 4.90 Å². The summed E-state index contributed by atoms with van der Waals surface area (Å²) in [4.78, 5) is 2.10. The van der Waals surface area contributed by atoms with Gasteiger partial charge in [-0.05, 0) is 41.9 Å². The highest BCUT2D eigenvalue weighted by molar-refractivity contribution is 6.33. The van der Waals surface area contributed by atoms with E-state index in [1.54, 1.807) is 12.1 Å². The maximum Gasteiger partial charge on any atom is 0.0916 e. The fourth-order valence-electron chi connectivity index (χ4n) is 2.95. The van der Waals surface area contributed by atoms with Crippen LogP contribution in [0.2, 0.25) is 10.0 Å². The van der Waals surface area contributed by atoms with Crippen molar-refractivity contribution in [2.24, 2.45) is 0 Å². The topological polar surface area (TPSA) is 23.5 Å². The van der Waals surface area contributed by atoms with Gasteiger partial charge < -0.3 is 5.11 Å². The summed E-state index contributed by atoms with van der Waals surface area (Å²) in [7, 11) is 2.00. The van der Waals surface area contributed by atoms with Crippen LogP contribution in [0.15, 0.2) is 72.8 Å². The zero-order valence-corrected chi connectivity index (χ0v) is 16.1. The minimum atomic E-state index is -0.542. The number of hydrogen-bond donors (Lipinski definition) is 1. The van der Waals surface area contributed by atoms with Gasteiger partial charge in [-0.15, -0.1) is 0 Å². The average molecular weight is 386 g/mol. The molecule has 0 aromatic heterocycles. The van der Waals surface area contributed by atoms with Crippen molar-refractivity contribution in [1.29, 1.82) is 0 Å². The number of rotatable bonds is 6. The molecule has 0 aliphatic heterocycles. The monoisotopic (exact) mass is 385 g/mol. The number of nitrogens with zero attached hydrogens (tertiary/aromatic N) is 1. The first-order valence-electron chi connectivity index (χ1n) is 8.49. The van der Waals surface area contributed by atoms with Gasteiger partial charge in [0.05, 0.1) is 6.10 Å². The summed E-state index contributed by atoms with van der Waals surface area (Å²) < 4.78 is 0. The lowest BCUT2D eigenvalue weighted by molar-refractivity contribution is 0.124. The first-order valence-corrected chi connectivity index (χ1v) is 9.24. The Labute approximate surface area is 164 Å². The molecule has 1 N–H and O–H groups in total. The molecule has 0 bridgehead atoms. The van der Waals surface area contributed by atoms with Gasteiger partial charge in [0.1, 0.15) is 0 Å². The predicted molar refractivity (Wildman–Crippen MR) is 110 cm³/mol. The van der Waals surface area contributed by atoms with Crippen molar-refractivity contribution in [2.45, 2.75) is 12.6 Å². The molecule has 3 aromatic rings. The Kier molecular flexibility index (Phi) is 6.33. The van der Waals surface area contributed by atoms with Crippen LogP contribution in [0.25, 0.3) is 11.1 Å². The molecule has 3 aromatic carbocycles. The molecule has 0 aliphatic carbocycles. The Morgan fingerprint density at radius 1 is 0.885 bits per heavy atom. The average Bonchev–Trinajstić information content (AvgIpc) is 2.63. The Morgan fingerprint density at radius 3 is 2.19 bits per heavy atom. The number of halogens is 2. The first-order chi connectivity index (χ1) is 12.5. The van der Waals surface area contributed by atoms with Gasteiger partial charge in [0.15, 0.2) is 0 Å². The van der Waals surface area contributed by atoms with Crippen LogP contribution >= 0.6 is 23.2 Å². The molecule has 4 heteroatoms. The molecule has 0 aliphatic rings. The molecule has 0 heterocycles. The van der Waals surface area contributed by atoms with Gasteiger partial charge in [-0.25, -0.2) is 0 Å². The molecule has 2 nitrogen and oxygen atoms in total. The third-order valence-electron chi connectivity index (χ3n) is 4.33. The molecule has 26 heavy (non-hydrogen) atoms. The van der Waals surface area contributed by atoms with Crippen LogP contribution in [-0.2, 0) is 6.54 Å². The van der Waals surface area contributed by atoms with Crippen LogP contribution in [-0.4, -0.2) is 23.6 Å². The molecule has 134 valence electrons. The molecule has 1 atom stereocenters. The number of aliphatic hydroxyl groups excluding tert-OH is 1. The van der Waals surface area contributed by atoms with E-state index < -0.39 is 6.10 Å². The van der Waals surface area contributed by atoms with Gasteiger partial charge in [-0.2, -0.15) is 0 Å². The molecule has 0 saturated carbocycles. The minimum Gasteiger partial charge on any atom is -0.387 e. The van der Waals surface area contributed by atoms with E-state index in [0.717, 1.165) is 28.3 Å². The fraction of sp³-hybridized carbons (Fsp3) is 0.182. The van der Waals surface area contributed by atoms with E-state index in [2.05, 4.69) is 29.2 Å². The van der Waals surface area contributed by atoms with Crippen LogP contribution in [0.5, 0.6) is 0 Å². The lowest BCUT2D eigenvalue weighted by atomic mass is 10.0. The Balaban J connectivity index is 1.61.